The lowest BCUT2D eigenvalue weighted by Gasteiger charge is -2.23. The van der Waals surface area contributed by atoms with Gasteiger partial charge < -0.3 is 29.8 Å². The lowest BCUT2D eigenvalue weighted by atomic mass is 9.98. The zero-order chi connectivity index (χ0) is 21.9. The number of nitrogens with zero attached hydrogens (tertiary/aromatic N) is 4. The van der Waals surface area contributed by atoms with Gasteiger partial charge in [0.15, 0.2) is 28.0 Å². The van der Waals surface area contributed by atoms with Gasteiger partial charge >= 0.3 is 0 Å². The predicted octanol–water partition coefficient (Wildman–Crippen LogP) is 0.543. The summed E-state index contributed by atoms with van der Waals surface area (Å²) < 4.78 is 6.93. The highest BCUT2D eigenvalue weighted by atomic mass is 35.5. The van der Waals surface area contributed by atoms with E-state index >= 15 is 0 Å². The van der Waals surface area contributed by atoms with Crippen LogP contribution in [0.1, 0.15) is 24.0 Å². The highest BCUT2D eigenvalue weighted by molar-refractivity contribution is 6.28. The Hall–Kier alpha value is -3.13. The van der Waals surface area contributed by atoms with E-state index in [1.54, 1.807) is 30.1 Å². The summed E-state index contributed by atoms with van der Waals surface area (Å²) in [6.45, 7) is 0. The molecule has 5 rings (SSSR count). The van der Waals surface area contributed by atoms with Crippen molar-refractivity contribution in [2.75, 3.05) is 19.4 Å². The quantitative estimate of drug-likeness (QED) is 0.431. The van der Waals surface area contributed by atoms with Crippen molar-refractivity contribution in [3.8, 4) is 11.8 Å². The minimum absolute atomic E-state index is 0.215. The summed E-state index contributed by atoms with van der Waals surface area (Å²) in [5, 5.41) is 27.2. The summed E-state index contributed by atoms with van der Waals surface area (Å²) in [5.41, 5.74) is -0.0546. The molecule has 0 aliphatic heterocycles. The Bertz CT molecular complexity index is 1260. The molecule has 2 saturated carbocycles. The van der Waals surface area contributed by atoms with Crippen molar-refractivity contribution in [2.24, 2.45) is 11.3 Å². The summed E-state index contributed by atoms with van der Waals surface area (Å²) in [5.74, 6) is 6.20. The summed E-state index contributed by atoms with van der Waals surface area (Å²) in [4.78, 5) is 25.7. The van der Waals surface area contributed by atoms with Gasteiger partial charge in [-0.1, -0.05) is 0 Å². The number of anilines is 1. The molecule has 3 aromatic rings. The molecule has 4 N–H and O–H groups in total. The zero-order valence-electron chi connectivity index (χ0n) is 16.6. The van der Waals surface area contributed by atoms with Crippen molar-refractivity contribution in [1.82, 2.24) is 24.8 Å². The van der Waals surface area contributed by atoms with Crippen molar-refractivity contribution >= 4 is 34.5 Å². The number of rotatable bonds is 3. The maximum absolute atomic E-state index is 12.4. The van der Waals surface area contributed by atoms with Crippen LogP contribution in [0.3, 0.4) is 0 Å². The average Bonchev–Trinajstić information content (AvgIpc) is 3.02. The largest absolute Gasteiger partial charge is 0.436 e. The number of hydrogen-bond donors (Lipinski definition) is 4. The van der Waals surface area contributed by atoms with Gasteiger partial charge in [-0.25, -0.2) is 15.0 Å². The molecule has 2 aliphatic carbocycles. The number of aromatic nitrogens is 4. The van der Waals surface area contributed by atoms with E-state index in [2.05, 4.69) is 37.4 Å². The van der Waals surface area contributed by atoms with E-state index in [9.17, 15) is 15.0 Å². The van der Waals surface area contributed by atoms with Crippen molar-refractivity contribution < 1.29 is 19.4 Å². The van der Waals surface area contributed by atoms with Crippen molar-refractivity contribution in [3.05, 3.63) is 35.3 Å². The number of furan rings is 1. The molecule has 0 saturated heterocycles. The molecule has 0 bridgehead atoms. The minimum Gasteiger partial charge on any atom is -0.436 e. The molecule has 0 aromatic carbocycles. The Balaban J connectivity index is 1.58. The number of hydrogen-bond acceptors (Lipinski definition) is 8. The van der Waals surface area contributed by atoms with E-state index < -0.39 is 23.7 Å². The molecule has 160 valence electrons. The van der Waals surface area contributed by atoms with Crippen LogP contribution in [-0.2, 0) is 4.79 Å². The molecule has 1 amide bonds. The summed E-state index contributed by atoms with van der Waals surface area (Å²) in [6, 6.07) is 2.67. The third-order valence-electron chi connectivity index (χ3n) is 6.17. The van der Waals surface area contributed by atoms with Gasteiger partial charge in [0, 0.05) is 20.0 Å². The first-order chi connectivity index (χ1) is 14.9. The molecule has 0 radical (unpaired) electrons. The molecule has 5 atom stereocenters. The average molecular weight is 443 g/mol. The van der Waals surface area contributed by atoms with Crippen LogP contribution in [-0.4, -0.2) is 61.9 Å². The van der Waals surface area contributed by atoms with Gasteiger partial charge in [-0.2, -0.15) is 0 Å². The van der Waals surface area contributed by atoms with Crippen LogP contribution in [0.4, 0.5) is 5.82 Å². The van der Waals surface area contributed by atoms with Gasteiger partial charge in [0.05, 0.1) is 23.9 Å². The molecule has 31 heavy (non-hydrogen) atoms. The summed E-state index contributed by atoms with van der Waals surface area (Å²) >= 11 is 5.77. The fraction of sp³-hybridized carbons (Fsp3) is 0.400. The van der Waals surface area contributed by atoms with Crippen LogP contribution < -0.4 is 10.6 Å². The number of halogens is 1. The molecule has 3 heterocycles. The number of amides is 1. The number of fused-ring (bicyclic) bond motifs is 2. The first-order valence-corrected chi connectivity index (χ1v) is 10.1. The Labute approximate surface area is 181 Å². The van der Waals surface area contributed by atoms with E-state index in [4.69, 9.17) is 16.0 Å². The second-order valence-corrected chi connectivity index (χ2v) is 8.05. The number of carbonyl (C=O) groups is 1. The smallest absolute Gasteiger partial charge is 0.229 e. The standard InChI is InChI=1S/C20H19ClN6O4/c1-22-17-13-18(26-12(25-17)6-4-9-3-5-11(21)31-9)27(8-24-13)14-10-7-20(10,19(30)23-2)16(29)15(14)28/h3,5,8,10,14-16,28-29H,7H2,1-2H3,(H,23,30)(H,22,25,26)/t10?,14-,15+,16+,20?/m1/s1. The molecule has 10 nitrogen and oxygen atoms in total. The fourth-order valence-corrected chi connectivity index (χ4v) is 4.80. The second kappa shape index (κ2) is 6.95. The molecule has 2 fully saturated rings. The predicted molar refractivity (Wildman–Crippen MR) is 110 cm³/mol. The van der Waals surface area contributed by atoms with E-state index in [1.165, 1.54) is 7.05 Å². The molecule has 3 aromatic heterocycles. The molecule has 2 aliphatic rings. The van der Waals surface area contributed by atoms with Gasteiger partial charge in [-0.05, 0) is 42.0 Å². The van der Waals surface area contributed by atoms with Crippen molar-refractivity contribution in [2.45, 2.75) is 24.7 Å². The van der Waals surface area contributed by atoms with Gasteiger partial charge in [-0.15, -0.1) is 0 Å². The number of aliphatic hydroxyl groups is 2. The normalized spacial score (nSPS) is 28.7. The fourth-order valence-electron chi connectivity index (χ4n) is 4.65. The van der Waals surface area contributed by atoms with Gasteiger partial charge in [0.1, 0.15) is 6.10 Å². The van der Waals surface area contributed by atoms with Gasteiger partial charge in [0.25, 0.3) is 0 Å². The van der Waals surface area contributed by atoms with E-state index in [1.807, 2.05) is 0 Å². The van der Waals surface area contributed by atoms with E-state index in [0.29, 0.717) is 29.2 Å². The Kier molecular flexibility index (Phi) is 4.44. The molecular weight excluding hydrogens is 424 g/mol. The molecule has 2 unspecified atom stereocenters. The third kappa shape index (κ3) is 2.81. The first-order valence-electron chi connectivity index (χ1n) is 9.68. The number of imidazole rings is 1. The van der Waals surface area contributed by atoms with E-state index in [-0.39, 0.29) is 22.9 Å². The van der Waals surface area contributed by atoms with Crippen molar-refractivity contribution in [1.29, 1.82) is 0 Å². The number of nitrogens with one attached hydrogen (secondary N) is 2. The lowest BCUT2D eigenvalue weighted by molar-refractivity contribution is -0.132. The third-order valence-corrected chi connectivity index (χ3v) is 6.38. The van der Waals surface area contributed by atoms with Crippen LogP contribution in [0.2, 0.25) is 5.22 Å². The maximum Gasteiger partial charge on any atom is 0.229 e. The zero-order valence-corrected chi connectivity index (χ0v) is 17.4. The number of aliphatic hydroxyl groups excluding tert-OH is 2. The van der Waals surface area contributed by atoms with Crippen LogP contribution in [0.25, 0.3) is 11.2 Å². The molecule has 0 spiro atoms. The second-order valence-electron chi connectivity index (χ2n) is 7.68. The SMILES string of the molecule is CNC(=O)C12CC1[C@@H](n1cnc3c(NC)nc(C#Cc4ccc(Cl)o4)nc31)[C@H](O)[C@@H]2O. The molecule has 11 heteroatoms. The van der Waals surface area contributed by atoms with Crippen LogP contribution in [0.15, 0.2) is 22.9 Å². The van der Waals surface area contributed by atoms with Gasteiger partial charge in [0.2, 0.25) is 11.7 Å². The summed E-state index contributed by atoms with van der Waals surface area (Å²) in [6.07, 6.45) is -0.289. The van der Waals surface area contributed by atoms with Crippen LogP contribution >= 0.6 is 11.6 Å². The van der Waals surface area contributed by atoms with Crippen LogP contribution in [0, 0.1) is 23.2 Å². The topological polar surface area (TPSA) is 138 Å². The first kappa shape index (κ1) is 19.8. The number of carbonyl (C=O) groups excluding carboxylic acids is 1. The van der Waals surface area contributed by atoms with Crippen molar-refractivity contribution in [3.63, 3.8) is 0 Å². The van der Waals surface area contributed by atoms with Gasteiger partial charge in [-0.3, -0.25) is 4.79 Å². The Morgan fingerprint density at radius 2 is 2.13 bits per heavy atom. The van der Waals surface area contributed by atoms with Crippen LogP contribution in [0.5, 0.6) is 0 Å². The summed E-state index contributed by atoms with van der Waals surface area (Å²) in [7, 11) is 3.23. The Morgan fingerprint density at radius 1 is 1.32 bits per heavy atom. The maximum atomic E-state index is 12.4. The monoisotopic (exact) mass is 442 g/mol. The highest BCUT2D eigenvalue weighted by Gasteiger charge is 2.75. The Morgan fingerprint density at radius 3 is 2.81 bits per heavy atom. The lowest BCUT2D eigenvalue weighted by Crippen LogP contribution is -2.41. The molecular formula is C20H19ClN6O4. The van der Waals surface area contributed by atoms with E-state index in [0.717, 1.165) is 0 Å². The highest BCUT2D eigenvalue weighted by Crippen LogP contribution is 2.67. The minimum atomic E-state index is -1.17.